The van der Waals surface area contributed by atoms with E-state index in [-0.39, 0.29) is 0 Å². The van der Waals surface area contributed by atoms with Crippen molar-refractivity contribution in [2.45, 2.75) is 6.43 Å². The summed E-state index contributed by atoms with van der Waals surface area (Å²) in [6, 6.07) is 0.748. The second kappa shape index (κ2) is 3.40. The molecule has 0 fully saturated rings. The van der Waals surface area contributed by atoms with Gasteiger partial charge in [-0.25, -0.2) is 8.78 Å². The summed E-state index contributed by atoms with van der Waals surface area (Å²) < 4.78 is 24.5. The van der Waals surface area contributed by atoms with E-state index in [1.807, 2.05) is 0 Å². The molecule has 0 unspecified atom stereocenters. The van der Waals surface area contributed by atoms with Crippen molar-refractivity contribution in [3.05, 3.63) is 21.7 Å². The molecule has 76 valence electrons. The summed E-state index contributed by atoms with van der Waals surface area (Å²) in [5.74, 6) is -1.27. The van der Waals surface area contributed by atoms with Crippen LogP contribution in [0.25, 0.3) is 0 Å². The number of nitro groups is 1. The van der Waals surface area contributed by atoms with Gasteiger partial charge < -0.3 is 21.6 Å². The van der Waals surface area contributed by atoms with Crippen LogP contribution in [0, 0.1) is 10.1 Å². The van der Waals surface area contributed by atoms with Gasteiger partial charge in [0.15, 0.2) is 0 Å². The molecule has 8 heteroatoms. The average Bonchev–Trinajstić information content (AvgIpc) is 2.01. The van der Waals surface area contributed by atoms with Crippen LogP contribution in [0.15, 0.2) is 6.07 Å². The summed E-state index contributed by atoms with van der Waals surface area (Å²) >= 11 is 0. The van der Waals surface area contributed by atoms with Gasteiger partial charge >= 0.3 is 5.82 Å². The number of hydrogen-bond acceptors (Lipinski definition) is 5. The number of hydrogen-bond donors (Lipinski definition) is 2. The summed E-state index contributed by atoms with van der Waals surface area (Å²) in [6.45, 7) is 0. The van der Waals surface area contributed by atoms with Crippen LogP contribution < -0.4 is 11.5 Å². The Kier molecular flexibility index (Phi) is 2.45. The maximum absolute atomic E-state index is 12.3. The van der Waals surface area contributed by atoms with Crippen molar-refractivity contribution in [2.24, 2.45) is 0 Å². The molecule has 0 amide bonds. The zero-order chi connectivity index (χ0) is 10.9. The van der Waals surface area contributed by atoms with E-state index < -0.39 is 34.2 Å². The molecule has 0 saturated carbocycles. The first kappa shape index (κ1) is 10.1. The smallest absolute Gasteiger partial charge is 0.367 e. The molecule has 0 radical (unpaired) electrons. The monoisotopic (exact) mass is 204 g/mol. The number of pyridine rings is 1. The lowest BCUT2D eigenvalue weighted by atomic mass is 10.2. The molecule has 6 nitrogen and oxygen atoms in total. The van der Waals surface area contributed by atoms with Gasteiger partial charge in [-0.15, -0.1) is 0 Å². The molecule has 1 aromatic rings. The molecule has 0 aromatic carbocycles. The van der Waals surface area contributed by atoms with Crippen LogP contribution in [0.5, 0.6) is 0 Å². The van der Waals surface area contributed by atoms with Crippen LogP contribution in [0.2, 0.25) is 0 Å². The summed E-state index contributed by atoms with van der Waals surface area (Å²) in [7, 11) is 0. The molecule has 4 N–H and O–H groups in total. The zero-order valence-corrected chi connectivity index (χ0v) is 6.78. The molecule has 0 bridgehead atoms. The molecular weight excluding hydrogens is 198 g/mol. The molecule has 0 atom stereocenters. The Morgan fingerprint density at radius 3 is 2.43 bits per heavy atom. The maximum Gasteiger partial charge on any atom is 0.367 e. The van der Waals surface area contributed by atoms with E-state index in [0.717, 1.165) is 6.07 Å². The third-order valence-electron chi connectivity index (χ3n) is 1.51. The van der Waals surface area contributed by atoms with Crippen molar-refractivity contribution >= 4 is 17.3 Å². The lowest BCUT2D eigenvalue weighted by Gasteiger charge is -2.03. The minimum absolute atomic E-state index is 0.431. The second-order valence-corrected chi connectivity index (χ2v) is 2.43. The Balaban J connectivity index is 3.32. The van der Waals surface area contributed by atoms with Crippen LogP contribution in [-0.2, 0) is 0 Å². The Hall–Kier alpha value is -1.99. The van der Waals surface area contributed by atoms with Crippen molar-refractivity contribution in [1.29, 1.82) is 0 Å². The molecule has 1 aromatic heterocycles. The average molecular weight is 204 g/mol. The number of nitrogens with two attached hydrogens (primary N) is 2. The quantitative estimate of drug-likeness (QED) is 0.553. The molecule has 0 spiro atoms. The molecular formula is C6H6F2N4O2. The molecule has 1 heterocycles. The van der Waals surface area contributed by atoms with Gasteiger partial charge in [0.25, 0.3) is 6.43 Å². The molecule has 0 saturated heterocycles. The molecule has 1 rings (SSSR count). The summed E-state index contributed by atoms with van der Waals surface area (Å²) in [4.78, 5) is 12.5. The first-order valence-electron chi connectivity index (χ1n) is 3.42. The topological polar surface area (TPSA) is 108 Å². The van der Waals surface area contributed by atoms with E-state index >= 15 is 0 Å². The van der Waals surface area contributed by atoms with Crippen molar-refractivity contribution in [3.63, 3.8) is 0 Å². The predicted octanol–water partition coefficient (Wildman–Crippen LogP) is 1.09. The fourth-order valence-corrected chi connectivity index (χ4v) is 0.912. The van der Waals surface area contributed by atoms with Gasteiger partial charge in [0.05, 0.1) is 11.8 Å². The summed E-state index contributed by atoms with van der Waals surface area (Å²) in [5.41, 5.74) is 9.14. The van der Waals surface area contributed by atoms with Gasteiger partial charge in [-0.05, 0) is 9.91 Å². The van der Waals surface area contributed by atoms with Gasteiger partial charge in [0.2, 0.25) is 5.82 Å². The van der Waals surface area contributed by atoms with Crippen molar-refractivity contribution < 1.29 is 13.7 Å². The zero-order valence-electron chi connectivity index (χ0n) is 6.78. The summed E-state index contributed by atoms with van der Waals surface area (Å²) in [5, 5.41) is 10.2. The molecule has 14 heavy (non-hydrogen) atoms. The number of nitrogens with zero attached hydrogens (tertiary/aromatic N) is 2. The highest BCUT2D eigenvalue weighted by Crippen LogP contribution is 2.31. The van der Waals surface area contributed by atoms with E-state index in [1.165, 1.54) is 0 Å². The van der Waals surface area contributed by atoms with Crippen molar-refractivity contribution in [3.8, 4) is 0 Å². The Labute approximate surface area is 76.7 Å². The van der Waals surface area contributed by atoms with Gasteiger partial charge in [0.1, 0.15) is 5.56 Å². The predicted molar refractivity (Wildman–Crippen MR) is 44.7 cm³/mol. The van der Waals surface area contributed by atoms with Crippen molar-refractivity contribution in [1.82, 2.24) is 4.98 Å². The number of alkyl halides is 2. The standard InChI is InChI=1S/C6H6F2N4O2/c7-5(8)4-2(9)1-3(12(13)14)11-6(4)10/h1,5H,(H4,9,10,11). The van der Waals surface area contributed by atoms with Crippen LogP contribution in [0.4, 0.5) is 26.1 Å². The highest BCUT2D eigenvalue weighted by atomic mass is 19.3. The Morgan fingerprint density at radius 1 is 1.50 bits per heavy atom. The first-order chi connectivity index (χ1) is 6.43. The van der Waals surface area contributed by atoms with E-state index in [2.05, 4.69) is 4.98 Å². The normalized spacial score (nSPS) is 10.5. The minimum atomic E-state index is -2.90. The van der Waals surface area contributed by atoms with Crippen molar-refractivity contribution in [2.75, 3.05) is 11.5 Å². The minimum Gasteiger partial charge on any atom is -0.398 e. The van der Waals surface area contributed by atoms with Crippen LogP contribution in [0.3, 0.4) is 0 Å². The number of rotatable bonds is 2. The lowest BCUT2D eigenvalue weighted by Crippen LogP contribution is -2.05. The first-order valence-corrected chi connectivity index (χ1v) is 3.42. The van der Waals surface area contributed by atoms with E-state index in [1.54, 1.807) is 0 Å². The number of nitrogen functional groups attached to an aromatic ring is 2. The van der Waals surface area contributed by atoms with Gasteiger partial charge in [0, 0.05) is 0 Å². The maximum atomic E-state index is 12.3. The molecule has 0 aliphatic heterocycles. The highest BCUT2D eigenvalue weighted by Gasteiger charge is 2.23. The van der Waals surface area contributed by atoms with Gasteiger partial charge in [-0.1, -0.05) is 0 Å². The third-order valence-corrected chi connectivity index (χ3v) is 1.51. The largest absolute Gasteiger partial charge is 0.398 e. The third kappa shape index (κ3) is 1.68. The SMILES string of the molecule is Nc1cc([N+](=O)[O-])nc(N)c1C(F)F. The van der Waals surface area contributed by atoms with E-state index in [9.17, 15) is 18.9 Å². The lowest BCUT2D eigenvalue weighted by molar-refractivity contribution is -0.389. The fourth-order valence-electron chi connectivity index (χ4n) is 0.912. The fraction of sp³-hybridized carbons (Fsp3) is 0.167. The number of halogens is 2. The van der Waals surface area contributed by atoms with Crippen LogP contribution in [0.1, 0.15) is 12.0 Å². The molecule has 0 aliphatic carbocycles. The Bertz CT molecular complexity index is 359. The highest BCUT2D eigenvalue weighted by molar-refractivity contribution is 5.61. The van der Waals surface area contributed by atoms with E-state index in [0.29, 0.717) is 0 Å². The van der Waals surface area contributed by atoms with Gasteiger partial charge in [-0.3, -0.25) is 0 Å². The molecule has 0 aliphatic rings. The summed E-state index contributed by atoms with van der Waals surface area (Å²) in [6.07, 6.45) is -2.90. The second-order valence-electron chi connectivity index (χ2n) is 2.43. The van der Waals surface area contributed by atoms with Crippen LogP contribution >= 0.6 is 0 Å². The van der Waals surface area contributed by atoms with Gasteiger partial charge in [-0.2, -0.15) is 0 Å². The Morgan fingerprint density at radius 2 is 2.07 bits per heavy atom. The number of anilines is 2. The van der Waals surface area contributed by atoms with Crippen LogP contribution in [-0.4, -0.2) is 9.91 Å². The number of aromatic nitrogens is 1. The van der Waals surface area contributed by atoms with E-state index in [4.69, 9.17) is 11.5 Å².